The first kappa shape index (κ1) is 24.1. The van der Waals surface area contributed by atoms with Crippen LogP contribution in [0.1, 0.15) is 18.9 Å². The molecule has 8 nitrogen and oxygen atoms in total. The van der Waals surface area contributed by atoms with Gasteiger partial charge in [-0.1, -0.05) is 30.0 Å². The largest absolute Gasteiger partial charge is 0.497 e. The molecular formula is C24H27N5O3S. The molecule has 1 saturated heterocycles. The van der Waals surface area contributed by atoms with Gasteiger partial charge in [0.1, 0.15) is 11.0 Å². The van der Waals surface area contributed by atoms with Crippen molar-refractivity contribution in [3.05, 3.63) is 60.2 Å². The van der Waals surface area contributed by atoms with Crippen molar-refractivity contribution in [1.82, 2.24) is 0 Å². The van der Waals surface area contributed by atoms with E-state index in [1.165, 1.54) is 4.90 Å². The molecule has 1 aliphatic rings. The van der Waals surface area contributed by atoms with Gasteiger partial charge in [-0.3, -0.25) is 9.59 Å². The minimum absolute atomic E-state index is 0.0529. The minimum atomic E-state index is -0.635. The normalized spacial score (nSPS) is 17.2. The molecule has 0 bridgehead atoms. The molecule has 3 rings (SSSR count). The molecule has 0 saturated carbocycles. The first-order valence-corrected chi connectivity index (χ1v) is 11.2. The van der Waals surface area contributed by atoms with Crippen LogP contribution in [-0.4, -0.2) is 49.1 Å². The Morgan fingerprint density at radius 1 is 1.12 bits per heavy atom. The molecular weight excluding hydrogens is 438 g/mol. The van der Waals surface area contributed by atoms with E-state index < -0.39 is 5.25 Å². The van der Waals surface area contributed by atoms with Crippen molar-refractivity contribution < 1.29 is 14.3 Å². The summed E-state index contributed by atoms with van der Waals surface area (Å²) in [6.07, 6.45) is 3.82. The van der Waals surface area contributed by atoms with Crippen LogP contribution in [0.15, 0.2) is 64.8 Å². The summed E-state index contributed by atoms with van der Waals surface area (Å²) in [6.45, 7) is 1.81. The molecule has 9 heteroatoms. The van der Waals surface area contributed by atoms with Crippen LogP contribution in [0.3, 0.4) is 0 Å². The lowest BCUT2D eigenvalue weighted by atomic mass is 10.2. The Balaban J connectivity index is 1.60. The van der Waals surface area contributed by atoms with Gasteiger partial charge in [0.05, 0.1) is 18.5 Å². The summed E-state index contributed by atoms with van der Waals surface area (Å²) < 4.78 is 5.12. The van der Waals surface area contributed by atoms with Crippen LogP contribution in [0.5, 0.6) is 5.75 Å². The summed E-state index contributed by atoms with van der Waals surface area (Å²) in [5.41, 5.74) is 9.28. The van der Waals surface area contributed by atoms with Gasteiger partial charge in [-0.2, -0.15) is 5.10 Å². The Hall–Kier alpha value is -3.59. The highest BCUT2D eigenvalue weighted by Gasteiger charge is 2.40. The van der Waals surface area contributed by atoms with Gasteiger partial charge < -0.3 is 15.4 Å². The van der Waals surface area contributed by atoms with Gasteiger partial charge in [-0.25, -0.2) is 4.90 Å². The highest BCUT2D eigenvalue weighted by Crippen LogP contribution is 2.30. The smallest absolute Gasteiger partial charge is 0.247 e. The Kier molecular flexibility index (Phi) is 7.89. The number of nitrogens with zero attached hydrogens (tertiary/aromatic N) is 4. The molecule has 0 unspecified atom stereocenters. The molecule has 0 spiro atoms. The lowest BCUT2D eigenvalue weighted by Crippen LogP contribution is -2.31. The number of thioether (sulfide) groups is 1. The van der Waals surface area contributed by atoms with Gasteiger partial charge in [0, 0.05) is 26.2 Å². The van der Waals surface area contributed by atoms with Crippen LogP contribution in [0.2, 0.25) is 0 Å². The van der Waals surface area contributed by atoms with E-state index in [0.717, 1.165) is 23.0 Å². The SMILES string of the molecule is COc1ccc(N2C(=O)C[C@@H](SC(N)=NN=C(C)/C=C\c3ccc(N(C)C)cc3)C2=O)cc1. The first-order valence-electron chi connectivity index (χ1n) is 10.3. The maximum atomic E-state index is 12.8. The summed E-state index contributed by atoms with van der Waals surface area (Å²) in [5, 5.41) is 7.60. The van der Waals surface area contributed by atoms with E-state index in [2.05, 4.69) is 10.2 Å². The monoisotopic (exact) mass is 465 g/mol. The second kappa shape index (κ2) is 10.8. The maximum Gasteiger partial charge on any atom is 0.247 e. The summed E-state index contributed by atoms with van der Waals surface area (Å²) >= 11 is 1.04. The molecule has 0 aromatic heterocycles. The number of methoxy groups -OCH3 is 1. The van der Waals surface area contributed by atoms with Crippen LogP contribution >= 0.6 is 11.8 Å². The fraction of sp³-hybridized carbons (Fsp3) is 0.250. The number of amides is 2. The predicted molar refractivity (Wildman–Crippen MR) is 136 cm³/mol. The third-order valence-corrected chi connectivity index (χ3v) is 5.91. The second-order valence-electron chi connectivity index (χ2n) is 7.57. The maximum absolute atomic E-state index is 12.8. The van der Waals surface area contributed by atoms with E-state index in [1.54, 1.807) is 31.4 Å². The van der Waals surface area contributed by atoms with E-state index in [-0.39, 0.29) is 23.4 Å². The molecule has 2 aromatic rings. The molecule has 0 aliphatic carbocycles. The topological polar surface area (TPSA) is 101 Å². The van der Waals surface area contributed by atoms with Gasteiger partial charge in [-0.05, 0) is 55.0 Å². The number of rotatable bonds is 7. The Morgan fingerprint density at radius 2 is 1.79 bits per heavy atom. The number of carbonyl (C=O) groups is 2. The van der Waals surface area contributed by atoms with E-state index in [1.807, 2.05) is 62.3 Å². The van der Waals surface area contributed by atoms with Crippen molar-refractivity contribution in [3.8, 4) is 5.75 Å². The summed E-state index contributed by atoms with van der Waals surface area (Å²) in [5.74, 6) is 0.0430. The van der Waals surface area contributed by atoms with Crippen LogP contribution in [0.25, 0.3) is 6.08 Å². The van der Waals surface area contributed by atoms with Crippen LogP contribution in [0, 0.1) is 0 Å². The van der Waals surface area contributed by atoms with Crippen LogP contribution < -0.4 is 20.3 Å². The zero-order chi connectivity index (χ0) is 24.0. The number of allylic oxidation sites excluding steroid dienone is 1. The zero-order valence-electron chi connectivity index (χ0n) is 19.1. The van der Waals surface area contributed by atoms with E-state index in [9.17, 15) is 9.59 Å². The van der Waals surface area contributed by atoms with Crippen molar-refractivity contribution in [2.45, 2.75) is 18.6 Å². The summed E-state index contributed by atoms with van der Waals surface area (Å²) in [4.78, 5) is 28.4. The molecule has 1 fully saturated rings. The molecule has 2 N–H and O–H groups in total. The lowest BCUT2D eigenvalue weighted by molar-refractivity contribution is -0.121. The van der Waals surface area contributed by atoms with E-state index in [4.69, 9.17) is 10.5 Å². The average molecular weight is 466 g/mol. The average Bonchev–Trinajstić information content (AvgIpc) is 3.09. The molecule has 2 amide bonds. The van der Waals surface area contributed by atoms with Gasteiger partial charge in [0.15, 0.2) is 5.17 Å². The van der Waals surface area contributed by atoms with Crippen molar-refractivity contribution >= 4 is 51.9 Å². The Labute approximate surface area is 197 Å². The number of ether oxygens (including phenoxy) is 1. The summed E-state index contributed by atoms with van der Waals surface area (Å²) in [6, 6.07) is 14.9. The van der Waals surface area contributed by atoms with Crippen LogP contribution in [0.4, 0.5) is 11.4 Å². The second-order valence-corrected chi connectivity index (χ2v) is 8.80. The minimum Gasteiger partial charge on any atom is -0.497 e. The number of anilines is 2. The number of hydrogen-bond acceptors (Lipinski definition) is 7. The number of amidine groups is 1. The first-order chi connectivity index (χ1) is 15.8. The highest BCUT2D eigenvalue weighted by molar-refractivity contribution is 8.14. The van der Waals surface area contributed by atoms with Crippen molar-refractivity contribution in [3.63, 3.8) is 0 Å². The Morgan fingerprint density at radius 3 is 2.39 bits per heavy atom. The van der Waals surface area contributed by atoms with Gasteiger partial charge >= 0.3 is 0 Å². The number of carbonyl (C=O) groups excluding carboxylic acids is 2. The molecule has 1 atom stereocenters. The van der Waals surface area contributed by atoms with Gasteiger partial charge in [0.25, 0.3) is 0 Å². The Bertz CT molecular complexity index is 1090. The molecule has 33 heavy (non-hydrogen) atoms. The van der Waals surface area contributed by atoms with E-state index >= 15 is 0 Å². The van der Waals surface area contributed by atoms with Crippen molar-refractivity contribution in [1.29, 1.82) is 0 Å². The third-order valence-electron chi connectivity index (χ3n) is 4.93. The summed E-state index contributed by atoms with van der Waals surface area (Å²) in [7, 11) is 5.54. The zero-order valence-corrected chi connectivity index (χ0v) is 19.9. The number of benzene rings is 2. The fourth-order valence-corrected chi connectivity index (χ4v) is 3.94. The third kappa shape index (κ3) is 6.23. The highest BCUT2D eigenvalue weighted by atomic mass is 32.2. The van der Waals surface area contributed by atoms with Crippen molar-refractivity contribution in [2.24, 2.45) is 15.9 Å². The van der Waals surface area contributed by atoms with Gasteiger partial charge in [-0.15, -0.1) is 5.10 Å². The molecule has 1 heterocycles. The number of hydrogen-bond donors (Lipinski definition) is 1. The standard InChI is InChI=1S/C24H27N5O3S/c1-16(5-6-17-7-9-18(10-8-17)28(2)3)26-27-24(25)33-21-15-22(30)29(23(21)31)19-11-13-20(32-4)14-12-19/h5-14,21H,15H2,1-4H3,(H2,25,27)/b6-5-,26-16?/t21-/m1/s1. The van der Waals surface area contributed by atoms with E-state index in [0.29, 0.717) is 17.1 Å². The quantitative estimate of drug-likeness (QED) is 0.291. The lowest BCUT2D eigenvalue weighted by Gasteiger charge is -2.15. The molecule has 172 valence electrons. The molecule has 0 radical (unpaired) electrons. The van der Waals surface area contributed by atoms with Crippen molar-refractivity contribution in [2.75, 3.05) is 31.0 Å². The van der Waals surface area contributed by atoms with Crippen LogP contribution in [-0.2, 0) is 9.59 Å². The number of imide groups is 1. The predicted octanol–water partition coefficient (Wildman–Crippen LogP) is 3.53. The fourth-order valence-electron chi connectivity index (χ4n) is 3.13. The molecule has 2 aromatic carbocycles. The number of nitrogens with two attached hydrogens (primary N) is 1. The van der Waals surface area contributed by atoms with Gasteiger partial charge in [0.2, 0.25) is 11.8 Å². The molecule has 1 aliphatic heterocycles.